The molecule has 1 atom stereocenters. The van der Waals surface area contributed by atoms with Crippen LogP contribution < -0.4 is 5.73 Å². The van der Waals surface area contributed by atoms with Crippen LogP contribution in [0.1, 0.15) is 11.6 Å². The van der Waals surface area contributed by atoms with Crippen LogP contribution in [0.4, 0.5) is 0 Å². The fourth-order valence-corrected chi connectivity index (χ4v) is 1.66. The lowest BCUT2D eigenvalue weighted by Gasteiger charge is -2.06. The second-order valence-electron chi connectivity index (χ2n) is 3.26. The molecule has 4 N–H and O–H groups in total. The number of hydrogen-bond donors (Lipinski definition) is 3. The van der Waals surface area contributed by atoms with Crippen molar-refractivity contribution < 1.29 is 9.90 Å². The zero-order chi connectivity index (χ0) is 11.0. The number of nitrogens with one attached hydrogen (secondary N) is 1. The summed E-state index contributed by atoms with van der Waals surface area (Å²) in [5.74, 6) is -1.05. The highest BCUT2D eigenvalue weighted by Crippen LogP contribution is 2.25. The molecular formula is C10H9ClN2O2. The molecule has 0 spiro atoms. The van der Waals surface area contributed by atoms with Crippen LogP contribution >= 0.6 is 11.6 Å². The molecule has 1 aromatic carbocycles. The Morgan fingerprint density at radius 3 is 2.93 bits per heavy atom. The van der Waals surface area contributed by atoms with Gasteiger partial charge in [-0.15, -0.1) is 0 Å². The van der Waals surface area contributed by atoms with Gasteiger partial charge in [-0.05, 0) is 11.6 Å². The van der Waals surface area contributed by atoms with Gasteiger partial charge >= 0.3 is 5.97 Å². The third-order valence-corrected chi connectivity index (χ3v) is 2.59. The number of aromatic amines is 1. The van der Waals surface area contributed by atoms with E-state index in [0.29, 0.717) is 10.6 Å². The molecule has 0 fully saturated rings. The highest BCUT2D eigenvalue weighted by atomic mass is 35.5. The zero-order valence-electron chi connectivity index (χ0n) is 7.70. The van der Waals surface area contributed by atoms with Crippen LogP contribution in [-0.4, -0.2) is 16.1 Å². The summed E-state index contributed by atoms with van der Waals surface area (Å²) >= 11 is 5.89. The summed E-state index contributed by atoms with van der Waals surface area (Å²) in [5, 5.41) is 10.2. The van der Waals surface area contributed by atoms with E-state index in [0.717, 1.165) is 10.9 Å². The van der Waals surface area contributed by atoms with Gasteiger partial charge in [-0.1, -0.05) is 23.7 Å². The lowest BCUT2D eigenvalue weighted by Crippen LogP contribution is -2.20. The molecule has 2 aromatic rings. The molecule has 0 aliphatic rings. The summed E-state index contributed by atoms with van der Waals surface area (Å²) in [6.07, 6.45) is 1.66. The summed E-state index contributed by atoms with van der Waals surface area (Å²) in [6.45, 7) is 0. The summed E-state index contributed by atoms with van der Waals surface area (Å²) in [7, 11) is 0. The minimum atomic E-state index is -1.05. The average molecular weight is 225 g/mol. The Morgan fingerprint density at radius 1 is 1.53 bits per heavy atom. The lowest BCUT2D eigenvalue weighted by atomic mass is 10.1. The SMILES string of the molecule is NC(C(=O)O)c1ccc2c(Cl)c[nH]c2c1. The van der Waals surface area contributed by atoms with Gasteiger partial charge < -0.3 is 15.8 Å². The Bertz CT molecular complexity index is 521. The van der Waals surface area contributed by atoms with E-state index in [4.69, 9.17) is 22.4 Å². The molecule has 1 unspecified atom stereocenters. The second-order valence-corrected chi connectivity index (χ2v) is 3.66. The molecule has 4 nitrogen and oxygen atoms in total. The van der Waals surface area contributed by atoms with E-state index in [9.17, 15) is 4.79 Å². The summed E-state index contributed by atoms with van der Waals surface area (Å²) < 4.78 is 0. The smallest absolute Gasteiger partial charge is 0.325 e. The number of halogens is 1. The van der Waals surface area contributed by atoms with Gasteiger partial charge in [0.2, 0.25) is 0 Å². The minimum absolute atomic E-state index is 0.550. The maximum atomic E-state index is 10.7. The van der Waals surface area contributed by atoms with Crippen molar-refractivity contribution in [2.75, 3.05) is 0 Å². The van der Waals surface area contributed by atoms with Gasteiger partial charge in [0.05, 0.1) is 5.02 Å². The number of carboxylic acid groups (broad SMARTS) is 1. The van der Waals surface area contributed by atoms with Gasteiger partial charge in [-0.25, -0.2) is 0 Å². The Balaban J connectivity index is 2.52. The van der Waals surface area contributed by atoms with Gasteiger partial charge in [0.15, 0.2) is 0 Å². The molecule has 5 heteroatoms. The van der Waals surface area contributed by atoms with Crippen molar-refractivity contribution in [1.82, 2.24) is 4.98 Å². The fraction of sp³-hybridized carbons (Fsp3) is 0.100. The molecule has 15 heavy (non-hydrogen) atoms. The number of nitrogens with two attached hydrogens (primary N) is 1. The Labute approximate surface area is 90.7 Å². The number of aromatic nitrogens is 1. The van der Waals surface area contributed by atoms with Crippen LogP contribution in [0, 0.1) is 0 Å². The van der Waals surface area contributed by atoms with Crippen LogP contribution in [0.25, 0.3) is 10.9 Å². The fourth-order valence-electron chi connectivity index (χ4n) is 1.44. The van der Waals surface area contributed by atoms with E-state index in [1.165, 1.54) is 0 Å². The first kappa shape index (κ1) is 10.0. The van der Waals surface area contributed by atoms with E-state index < -0.39 is 12.0 Å². The molecule has 0 radical (unpaired) electrons. The number of benzene rings is 1. The molecule has 0 saturated heterocycles. The average Bonchev–Trinajstić information content (AvgIpc) is 2.59. The van der Waals surface area contributed by atoms with E-state index >= 15 is 0 Å². The van der Waals surface area contributed by atoms with Crippen molar-refractivity contribution in [2.24, 2.45) is 5.73 Å². The largest absolute Gasteiger partial charge is 0.480 e. The molecule has 0 amide bonds. The molecule has 1 aromatic heterocycles. The van der Waals surface area contributed by atoms with E-state index in [1.807, 2.05) is 0 Å². The van der Waals surface area contributed by atoms with Gasteiger partial charge in [0.25, 0.3) is 0 Å². The van der Waals surface area contributed by atoms with E-state index in [-0.39, 0.29) is 0 Å². The van der Waals surface area contributed by atoms with Gasteiger partial charge in [0, 0.05) is 17.1 Å². The standard InChI is InChI=1S/C10H9ClN2O2/c11-7-4-13-8-3-5(1-2-6(7)8)9(12)10(14)15/h1-4,9,13H,12H2,(H,14,15). The van der Waals surface area contributed by atoms with Gasteiger partial charge in [-0.3, -0.25) is 4.79 Å². The van der Waals surface area contributed by atoms with Crippen LogP contribution in [0.2, 0.25) is 5.02 Å². The first-order valence-corrected chi connectivity index (χ1v) is 4.72. The summed E-state index contributed by atoms with van der Waals surface area (Å²) in [6, 6.07) is 4.11. The number of fused-ring (bicyclic) bond motifs is 1. The molecule has 0 saturated carbocycles. The number of aliphatic carboxylic acids is 1. The summed E-state index contributed by atoms with van der Waals surface area (Å²) in [4.78, 5) is 13.6. The summed E-state index contributed by atoms with van der Waals surface area (Å²) in [5.41, 5.74) is 6.83. The lowest BCUT2D eigenvalue weighted by molar-refractivity contribution is -0.138. The van der Waals surface area contributed by atoms with Crippen molar-refractivity contribution in [3.05, 3.63) is 35.0 Å². The van der Waals surface area contributed by atoms with Crippen LogP contribution in [0.3, 0.4) is 0 Å². The molecule has 1 heterocycles. The predicted octanol–water partition coefficient (Wildman–Crippen LogP) is 1.91. The Kier molecular flexibility index (Phi) is 2.38. The van der Waals surface area contributed by atoms with Gasteiger partial charge in [0.1, 0.15) is 6.04 Å². The molecule has 2 rings (SSSR count). The van der Waals surface area contributed by atoms with Crippen LogP contribution in [0.15, 0.2) is 24.4 Å². The topological polar surface area (TPSA) is 79.1 Å². The number of carboxylic acids is 1. The second kappa shape index (κ2) is 3.56. The molecule has 78 valence electrons. The highest BCUT2D eigenvalue weighted by Gasteiger charge is 2.14. The molecule has 0 aliphatic carbocycles. The van der Waals surface area contributed by atoms with Crippen molar-refractivity contribution in [2.45, 2.75) is 6.04 Å². The van der Waals surface area contributed by atoms with Crippen molar-refractivity contribution >= 4 is 28.5 Å². The number of rotatable bonds is 2. The normalized spacial score (nSPS) is 12.9. The van der Waals surface area contributed by atoms with Gasteiger partial charge in [-0.2, -0.15) is 0 Å². The van der Waals surface area contributed by atoms with Crippen LogP contribution in [0.5, 0.6) is 0 Å². The number of hydrogen-bond acceptors (Lipinski definition) is 2. The molecular weight excluding hydrogens is 216 g/mol. The predicted molar refractivity (Wildman–Crippen MR) is 57.9 cm³/mol. The zero-order valence-corrected chi connectivity index (χ0v) is 8.45. The third-order valence-electron chi connectivity index (χ3n) is 2.28. The number of H-pyrrole nitrogens is 1. The van der Waals surface area contributed by atoms with E-state index in [1.54, 1.807) is 24.4 Å². The first-order chi connectivity index (χ1) is 7.09. The maximum absolute atomic E-state index is 10.7. The first-order valence-electron chi connectivity index (χ1n) is 4.34. The Morgan fingerprint density at radius 2 is 2.27 bits per heavy atom. The maximum Gasteiger partial charge on any atom is 0.325 e. The Hall–Kier alpha value is -1.52. The van der Waals surface area contributed by atoms with Crippen molar-refractivity contribution in [1.29, 1.82) is 0 Å². The minimum Gasteiger partial charge on any atom is -0.480 e. The van der Waals surface area contributed by atoms with Crippen molar-refractivity contribution in [3.8, 4) is 0 Å². The monoisotopic (exact) mass is 224 g/mol. The number of carbonyl (C=O) groups is 1. The van der Waals surface area contributed by atoms with Crippen LogP contribution in [-0.2, 0) is 4.79 Å². The van der Waals surface area contributed by atoms with Crippen molar-refractivity contribution in [3.63, 3.8) is 0 Å². The molecule has 0 bridgehead atoms. The molecule has 0 aliphatic heterocycles. The highest BCUT2D eigenvalue weighted by molar-refractivity contribution is 6.35. The third kappa shape index (κ3) is 1.69. The quantitative estimate of drug-likeness (QED) is 0.729. The van der Waals surface area contributed by atoms with E-state index in [2.05, 4.69) is 4.98 Å².